The molecule has 4 heteroatoms. The van der Waals surface area contributed by atoms with Gasteiger partial charge in [-0.05, 0) is 12.8 Å². The minimum absolute atomic E-state index is 0.0130. The van der Waals surface area contributed by atoms with E-state index in [2.05, 4.69) is 4.99 Å². The van der Waals surface area contributed by atoms with Crippen molar-refractivity contribution in [3.63, 3.8) is 0 Å². The smallest absolute Gasteiger partial charge is 0.238 e. The van der Waals surface area contributed by atoms with Crippen molar-refractivity contribution in [3.8, 4) is 0 Å². The van der Waals surface area contributed by atoms with Crippen molar-refractivity contribution >= 4 is 23.7 Å². The first-order valence-corrected chi connectivity index (χ1v) is 4.60. The Morgan fingerprint density at radius 2 is 2.58 bits per heavy atom. The molecule has 1 heterocycles. The molecule has 12 heavy (non-hydrogen) atoms. The Morgan fingerprint density at radius 1 is 1.83 bits per heavy atom. The molecule has 0 bridgehead atoms. The SMILES string of the molecule is CN=C[C@@H]1CCCN1C(=O)CCl. The van der Waals surface area contributed by atoms with Gasteiger partial charge in [0.15, 0.2) is 0 Å². The first kappa shape index (κ1) is 9.52. The highest BCUT2D eigenvalue weighted by Crippen LogP contribution is 2.15. The molecule has 1 amide bonds. The zero-order valence-electron chi connectivity index (χ0n) is 7.16. The normalized spacial score (nSPS) is 23.8. The number of carbonyl (C=O) groups excluding carboxylic acids is 1. The number of aliphatic imine (C=N–C) groups is 1. The summed E-state index contributed by atoms with van der Waals surface area (Å²) in [5.74, 6) is 0.0905. The molecular weight excluding hydrogens is 176 g/mol. The maximum Gasteiger partial charge on any atom is 0.238 e. The Hall–Kier alpha value is -0.570. The van der Waals surface area contributed by atoms with Crippen molar-refractivity contribution in [2.24, 2.45) is 4.99 Å². The quantitative estimate of drug-likeness (QED) is 0.469. The van der Waals surface area contributed by atoms with E-state index in [1.54, 1.807) is 11.9 Å². The summed E-state index contributed by atoms with van der Waals surface area (Å²) in [4.78, 5) is 16.9. The number of carbonyl (C=O) groups is 1. The van der Waals surface area contributed by atoms with Crippen LogP contribution in [0.5, 0.6) is 0 Å². The van der Waals surface area contributed by atoms with Gasteiger partial charge in [-0.3, -0.25) is 9.79 Å². The van der Waals surface area contributed by atoms with E-state index in [4.69, 9.17) is 11.6 Å². The Kier molecular flexibility index (Phi) is 3.53. The van der Waals surface area contributed by atoms with Crippen LogP contribution >= 0.6 is 11.6 Å². The number of hydrogen-bond donors (Lipinski definition) is 0. The molecule has 3 nitrogen and oxygen atoms in total. The van der Waals surface area contributed by atoms with Gasteiger partial charge in [-0.25, -0.2) is 0 Å². The van der Waals surface area contributed by atoms with Crippen LogP contribution in [-0.2, 0) is 4.79 Å². The average Bonchev–Trinajstić information content (AvgIpc) is 2.52. The molecule has 0 aliphatic carbocycles. The molecule has 0 aromatic rings. The Morgan fingerprint density at radius 3 is 3.17 bits per heavy atom. The fraction of sp³-hybridized carbons (Fsp3) is 0.750. The van der Waals surface area contributed by atoms with E-state index in [-0.39, 0.29) is 17.8 Å². The molecule has 0 aromatic heterocycles. The highest BCUT2D eigenvalue weighted by molar-refractivity contribution is 6.27. The van der Waals surface area contributed by atoms with E-state index in [1.165, 1.54) is 0 Å². The second-order valence-electron chi connectivity index (χ2n) is 2.84. The molecule has 1 aliphatic heterocycles. The summed E-state index contributed by atoms with van der Waals surface area (Å²) in [6, 6.07) is 0.182. The van der Waals surface area contributed by atoms with Crippen LogP contribution in [0.2, 0.25) is 0 Å². The minimum Gasteiger partial charge on any atom is -0.334 e. The summed E-state index contributed by atoms with van der Waals surface area (Å²) in [6.07, 6.45) is 3.89. The van der Waals surface area contributed by atoms with Crippen LogP contribution in [0.25, 0.3) is 0 Å². The zero-order valence-corrected chi connectivity index (χ0v) is 7.92. The lowest BCUT2D eigenvalue weighted by Gasteiger charge is -2.20. The van der Waals surface area contributed by atoms with Gasteiger partial charge in [0.25, 0.3) is 0 Å². The number of alkyl halides is 1. The van der Waals surface area contributed by atoms with E-state index in [9.17, 15) is 4.79 Å². The molecule has 68 valence electrons. The lowest BCUT2D eigenvalue weighted by atomic mass is 10.2. The van der Waals surface area contributed by atoms with Gasteiger partial charge in [0.2, 0.25) is 5.91 Å². The van der Waals surface area contributed by atoms with E-state index in [0.29, 0.717) is 0 Å². The minimum atomic E-state index is 0.0130. The monoisotopic (exact) mass is 188 g/mol. The molecule has 1 saturated heterocycles. The first-order chi connectivity index (χ1) is 5.79. The highest BCUT2D eigenvalue weighted by atomic mass is 35.5. The predicted octanol–water partition coefficient (Wildman–Crippen LogP) is 0.917. The molecular formula is C8H13ClN2O. The van der Waals surface area contributed by atoms with Crippen LogP contribution in [0.3, 0.4) is 0 Å². The standard InChI is InChI=1S/C8H13ClN2O/c1-10-6-7-3-2-4-11(7)8(12)5-9/h6-7H,2-5H2,1H3/t7-/m0/s1. The highest BCUT2D eigenvalue weighted by Gasteiger charge is 2.26. The van der Waals surface area contributed by atoms with Gasteiger partial charge in [0.1, 0.15) is 5.88 Å². The molecule has 0 radical (unpaired) electrons. The number of hydrogen-bond acceptors (Lipinski definition) is 2. The molecule has 0 unspecified atom stereocenters. The third-order valence-corrected chi connectivity index (χ3v) is 2.28. The lowest BCUT2D eigenvalue weighted by molar-refractivity contribution is -0.128. The van der Waals surface area contributed by atoms with Gasteiger partial charge in [-0.1, -0.05) is 0 Å². The zero-order chi connectivity index (χ0) is 8.97. The van der Waals surface area contributed by atoms with Crippen molar-refractivity contribution in [1.29, 1.82) is 0 Å². The number of halogens is 1. The molecule has 0 aromatic carbocycles. The van der Waals surface area contributed by atoms with Crippen LogP contribution in [-0.4, -0.2) is 42.5 Å². The van der Waals surface area contributed by atoms with Crippen molar-refractivity contribution < 1.29 is 4.79 Å². The maximum absolute atomic E-state index is 11.2. The summed E-state index contributed by atoms with van der Waals surface area (Å²) < 4.78 is 0. The topological polar surface area (TPSA) is 32.7 Å². The number of likely N-dealkylation sites (tertiary alicyclic amines) is 1. The summed E-state index contributed by atoms with van der Waals surface area (Å²) in [5, 5.41) is 0. The fourth-order valence-electron chi connectivity index (χ4n) is 1.51. The van der Waals surface area contributed by atoms with Gasteiger partial charge < -0.3 is 4.90 Å². The molecule has 0 N–H and O–H groups in total. The van der Waals surface area contributed by atoms with Gasteiger partial charge >= 0.3 is 0 Å². The summed E-state index contributed by atoms with van der Waals surface area (Å²) in [7, 11) is 1.72. The average molecular weight is 189 g/mol. The second kappa shape index (κ2) is 4.45. The van der Waals surface area contributed by atoms with Gasteiger partial charge in [0, 0.05) is 19.8 Å². The van der Waals surface area contributed by atoms with E-state index in [1.807, 2.05) is 6.21 Å². The summed E-state index contributed by atoms with van der Waals surface area (Å²) >= 11 is 5.46. The maximum atomic E-state index is 11.2. The van der Waals surface area contributed by atoms with E-state index in [0.717, 1.165) is 19.4 Å². The lowest BCUT2D eigenvalue weighted by Crippen LogP contribution is -2.37. The molecule has 1 atom stereocenters. The molecule has 0 saturated carbocycles. The third kappa shape index (κ3) is 1.97. The van der Waals surface area contributed by atoms with Gasteiger partial charge in [0.05, 0.1) is 6.04 Å². The molecule has 1 fully saturated rings. The Balaban J connectivity index is 2.57. The van der Waals surface area contributed by atoms with Crippen LogP contribution in [0, 0.1) is 0 Å². The van der Waals surface area contributed by atoms with Crippen LogP contribution < -0.4 is 0 Å². The van der Waals surface area contributed by atoms with Crippen LogP contribution in [0.1, 0.15) is 12.8 Å². The fourth-order valence-corrected chi connectivity index (χ4v) is 1.66. The van der Waals surface area contributed by atoms with Crippen molar-refractivity contribution in [2.45, 2.75) is 18.9 Å². The van der Waals surface area contributed by atoms with E-state index < -0.39 is 0 Å². The van der Waals surface area contributed by atoms with E-state index >= 15 is 0 Å². The predicted molar refractivity (Wildman–Crippen MR) is 49.9 cm³/mol. The second-order valence-corrected chi connectivity index (χ2v) is 3.10. The molecule has 1 rings (SSSR count). The van der Waals surface area contributed by atoms with Crippen LogP contribution in [0.15, 0.2) is 4.99 Å². The number of nitrogens with zero attached hydrogens (tertiary/aromatic N) is 2. The third-order valence-electron chi connectivity index (χ3n) is 2.06. The first-order valence-electron chi connectivity index (χ1n) is 4.07. The number of rotatable bonds is 2. The molecule has 1 aliphatic rings. The Bertz CT molecular complexity index is 193. The molecule has 0 spiro atoms. The van der Waals surface area contributed by atoms with Crippen molar-refractivity contribution in [1.82, 2.24) is 4.90 Å². The largest absolute Gasteiger partial charge is 0.334 e. The summed E-state index contributed by atoms with van der Waals surface area (Å²) in [5.41, 5.74) is 0. The number of amides is 1. The summed E-state index contributed by atoms with van der Waals surface area (Å²) in [6.45, 7) is 0.822. The Labute approximate surface area is 77.4 Å². The van der Waals surface area contributed by atoms with Gasteiger partial charge in [-0.15, -0.1) is 11.6 Å². The van der Waals surface area contributed by atoms with Crippen molar-refractivity contribution in [3.05, 3.63) is 0 Å². The van der Waals surface area contributed by atoms with Crippen molar-refractivity contribution in [2.75, 3.05) is 19.5 Å². The van der Waals surface area contributed by atoms with Crippen LogP contribution in [0.4, 0.5) is 0 Å². The van der Waals surface area contributed by atoms with Gasteiger partial charge in [-0.2, -0.15) is 0 Å².